The van der Waals surface area contributed by atoms with Gasteiger partial charge in [0.25, 0.3) is 0 Å². The molecule has 1 aromatic rings. The number of benzene rings is 1. The third kappa shape index (κ3) is 6.61. The van der Waals surface area contributed by atoms with Crippen LogP contribution in [0.5, 0.6) is 0 Å². The maximum absolute atomic E-state index is 4.78. The van der Waals surface area contributed by atoms with E-state index in [1.165, 1.54) is 38.2 Å². The molecular weight excluding hydrogens is 437 g/mol. The average molecular weight is 471 g/mol. The smallest absolute Gasteiger partial charge is 0.191 e. The maximum Gasteiger partial charge on any atom is 0.191 e. The molecule has 3 rings (SSSR count). The van der Waals surface area contributed by atoms with Gasteiger partial charge in [-0.05, 0) is 64.4 Å². The van der Waals surface area contributed by atoms with Gasteiger partial charge in [0.1, 0.15) is 0 Å². The quantitative estimate of drug-likeness (QED) is 0.278. The predicted octanol–water partition coefficient (Wildman–Crippen LogP) is 2.92. The van der Waals surface area contributed by atoms with Crippen LogP contribution in [0.1, 0.15) is 32.6 Å². The Morgan fingerprint density at radius 3 is 2.65 bits per heavy atom. The fourth-order valence-corrected chi connectivity index (χ4v) is 3.76. The lowest BCUT2D eigenvalue weighted by molar-refractivity contribution is 0.336. The molecule has 0 radical (unpaired) electrons. The summed E-state index contributed by atoms with van der Waals surface area (Å²) in [6, 6.07) is 11.2. The summed E-state index contributed by atoms with van der Waals surface area (Å²) in [7, 11) is 0. The number of aliphatic imine (C=N–C) groups is 1. The number of hydrogen-bond acceptors (Lipinski definition) is 3. The Bertz CT molecular complexity index is 530. The van der Waals surface area contributed by atoms with Crippen LogP contribution >= 0.6 is 24.0 Å². The first kappa shape index (κ1) is 21.3. The van der Waals surface area contributed by atoms with Gasteiger partial charge >= 0.3 is 0 Å². The van der Waals surface area contributed by atoms with Crippen LogP contribution in [0.25, 0.3) is 0 Å². The second-order valence-corrected chi connectivity index (χ2v) is 7.07. The van der Waals surface area contributed by atoms with E-state index >= 15 is 0 Å². The summed E-state index contributed by atoms with van der Waals surface area (Å²) in [6.07, 6.45) is 5.05. The summed E-state index contributed by atoms with van der Waals surface area (Å²) in [5.74, 6) is 0.976. The molecule has 2 N–H and O–H groups in total. The van der Waals surface area contributed by atoms with Gasteiger partial charge in [-0.15, -0.1) is 24.0 Å². The average Bonchev–Trinajstić information content (AvgIpc) is 3.31. The SMILES string of the molecule is CCNC(=NCCCN1CCCC1)NC1CCN(c2ccccc2)C1.I. The normalized spacial score (nSPS) is 20.9. The molecule has 1 atom stereocenters. The Morgan fingerprint density at radius 1 is 1.15 bits per heavy atom. The highest BCUT2D eigenvalue weighted by Crippen LogP contribution is 2.19. The van der Waals surface area contributed by atoms with Crippen molar-refractivity contribution < 1.29 is 0 Å². The van der Waals surface area contributed by atoms with Crippen LogP contribution in [0, 0.1) is 0 Å². The molecule has 2 aliphatic heterocycles. The largest absolute Gasteiger partial charge is 0.369 e. The van der Waals surface area contributed by atoms with E-state index in [2.05, 4.69) is 57.7 Å². The number of hydrogen-bond donors (Lipinski definition) is 2. The Balaban J connectivity index is 0.00000243. The maximum atomic E-state index is 4.78. The van der Waals surface area contributed by atoms with E-state index in [1.807, 2.05) is 0 Å². The van der Waals surface area contributed by atoms with Crippen molar-refractivity contribution in [1.29, 1.82) is 0 Å². The highest BCUT2D eigenvalue weighted by atomic mass is 127. The van der Waals surface area contributed by atoms with Crippen LogP contribution in [0.4, 0.5) is 5.69 Å². The van der Waals surface area contributed by atoms with E-state index in [1.54, 1.807) is 0 Å². The number of para-hydroxylation sites is 1. The first-order chi connectivity index (χ1) is 12.3. The van der Waals surface area contributed by atoms with Gasteiger partial charge < -0.3 is 20.4 Å². The van der Waals surface area contributed by atoms with Crippen LogP contribution in [0.15, 0.2) is 35.3 Å². The molecule has 5 nitrogen and oxygen atoms in total. The molecule has 1 unspecified atom stereocenters. The molecule has 2 fully saturated rings. The molecule has 0 spiro atoms. The number of guanidine groups is 1. The Hall–Kier alpha value is -1.02. The number of anilines is 1. The zero-order chi connectivity index (χ0) is 17.3. The Morgan fingerprint density at radius 2 is 1.92 bits per heavy atom. The van der Waals surface area contributed by atoms with E-state index in [-0.39, 0.29) is 24.0 Å². The molecular formula is C20H34IN5. The Labute approximate surface area is 175 Å². The van der Waals surface area contributed by atoms with Crippen LogP contribution in [0.2, 0.25) is 0 Å². The first-order valence-corrected chi connectivity index (χ1v) is 9.92. The third-order valence-corrected chi connectivity index (χ3v) is 5.10. The molecule has 0 saturated carbocycles. The van der Waals surface area contributed by atoms with Gasteiger partial charge in [0.15, 0.2) is 5.96 Å². The van der Waals surface area contributed by atoms with E-state index < -0.39 is 0 Å². The van der Waals surface area contributed by atoms with Crippen LogP contribution in [-0.4, -0.2) is 62.7 Å². The van der Waals surface area contributed by atoms with Gasteiger partial charge in [-0.2, -0.15) is 0 Å². The lowest BCUT2D eigenvalue weighted by Gasteiger charge is -2.20. The van der Waals surface area contributed by atoms with Gasteiger partial charge in [0.2, 0.25) is 0 Å². The van der Waals surface area contributed by atoms with Crippen molar-refractivity contribution in [1.82, 2.24) is 15.5 Å². The molecule has 0 amide bonds. The summed E-state index contributed by atoms with van der Waals surface area (Å²) in [5, 5.41) is 7.03. The Kier molecular flexibility index (Phi) is 9.53. The third-order valence-electron chi connectivity index (χ3n) is 5.10. The fourth-order valence-electron chi connectivity index (χ4n) is 3.76. The van der Waals surface area contributed by atoms with Gasteiger partial charge in [0.05, 0.1) is 0 Å². The summed E-state index contributed by atoms with van der Waals surface area (Å²) >= 11 is 0. The summed E-state index contributed by atoms with van der Waals surface area (Å²) in [5.41, 5.74) is 1.32. The monoisotopic (exact) mass is 471 g/mol. The topological polar surface area (TPSA) is 42.9 Å². The molecule has 146 valence electrons. The van der Waals surface area contributed by atoms with Gasteiger partial charge in [0, 0.05) is 37.9 Å². The number of rotatable bonds is 7. The van der Waals surface area contributed by atoms with Crippen LogP contribution in [0.3, 0.4) is 0 Å². The number of nitrogens with zero attached hydrogens (tertiary/aromatic N) is 3. The lowest BCUT2D eigenvalue weighted by Crippen LogP contribution is -2.44. The van der Waals surface area contributed by atoms with Gasteiger partial charge in [-0.3, -0.25) is 4.99 Å². The van der Waals surface area contributed by atoms with Crippen molar-refractivity contribution in [3.05, 3.63) is 30.3 Å². The second-order valence-electron chi connectivity index (χ2n) is 7.07. The predicted molar refractivity (Wildman–Crippen MR) is 122 cm³/mol. The fraction of sp³-hybridized carbons (Fsp3) is 0.650. The lowest BCUT2D eigenvalue weighted by atomic mass is 10.3. The minimum absolute atomic E-state index is 0. The van der Waals surface area contributed by atoms with Crippen molar-refractivity contribution in [2.75, 3.05) is 50.7 Å². The zero-order valence-corrected chi connectivity index (χ0v) is 18.3. The number of halogens is 1. The van der Waals surface area contributed by atoms with Crippen molar-refractivity contribution >= 4 is 35.6 Å². The van der Waals surface area contributed by atoms with Gasteiger partial charge in [-0.1, -0.05) is 18.2 Å². The number of likely N-dealkylation sites (tertiary alicyclic amines) is 1. The number of nitrogens with one attached hydrogen (secondary N) is 2. The molecule has 6 heteroatoms. The highest BCUT2D eigenvalue weighted by Gasteiger charge is 2.23. The standard InChI is InChI=1S/C20H33N5.HI/c1-2-21-20(22-12-8-15-24-13-6-7-14-24)23-18-11-16-25(17-18)19-9-4-3-5-10-19;/h3-5,9-10,18H,2,6-8,11-17H2,1H3,(H2,21,22,23);1H. The van der Waals surface area contributed by atoms with E-state index in [0.29, 0.717) is 6.04 Å². The summed E-state index contributed by atoms with van der Waals surface area (Å²) in [6.45, 7) is 9.84. The van der Waals surface area contributed by atoms with Crippen molar-refractivity contribution in [3.63, 3.8) is 0 Å². The van der Waals surface area contributed by atoms with Crippen LogP contribution in [-0.2, 0) is 0 Å². The highest BCUT2D eigenvalue weighted by molar-refractivity contribution is 14.0. The molecule has 26 heavy (non-hydrogen) atoms. The molecule has 1 aromatic carbocycles. The molecule has 2 aliphatic rings. The van der Waals surface area contributed by atoms with E-state index in [9.17, 15) is 0 Å². The van der Waals surface area contributed by atoms with Crippen molar-refractivity contribution in [2.45, 2.75) is 38.6 Å². The van der Waals surface area contributed by atoms with Gasteiger partial charge in [-0.25, -0.2) is 0 Å². The van der Waals surface area contributed by atoms with Crippen LogP contribution < -0.4 is 15.5 Å². The summed E-state index contributed by atoms with van der Waals surface area (Å²) < 4.78 is 0. The molecule has 0 aromatic heterocycles. The molecule has 0 aliphatic carbocycles. The minimum atomic E-state index is 0. The van der Waals surface area contributed by atoms with E-state index in [4.69, 9.17) is 4.99 Å². The second kappa shape index (κ2) is 11.6. The summed E-state index contributed by atoms with van der Waals surface area (Å²) in [4.78, 5) is 9.80. The molecule has 0 bridgehead atoms. The van der Waals surface area contributed by atoms with Crippen molar-refractivity contribution in [2.24, 2.45) is 4.99 Å². The van der Waals surface area contributed by atoms with Crippen molar-refractivity contribution in [3.8, 4) is 0 Å². The first-order valence-electron chi connectivity index (χ1n) is 9.92. The zero-order valence-electron chi connectivity index (χ0n) is 16.0. The minimum Gasteiger partial charge on any atom is -0.369 e. The van der Waals surface area contributed by atoms with E-state index in [0.717, 1.165) is 45.0 Å². The molecule has 2 saturated heterocycles. The molecule has 2 heterocycles.